The van der Waals surface area contributed by atoms with Gasteiger partial charge in [0.15, 0.2) is 6.61 Å². The van der Waals surface area contributed by atoms with E-state index in [9.17, 15) is 19.7 Å². The Bertz CT molecular complexity index is 851. The quantitative estimate of drug-likeness (QED) is 0.293. The van der Waals surface area contributed by atoms with Crippen molar-refractivity contribution in [3.63, 3.8) is 0 Å². The normalized spacial score (nSPS) is 10.1. The van der Waals surface area contributed by atoms with Crippen LogP contribution in [0.15, 0.2) is 42.5 Å². The number of nitro groups is 1. The summed E-state index contributed by atoms with van der Waals surface area (Å²) in [6, 6.07) is 11.0. The lowest BCUT2D eigenvalue weighted by Gasteiger charge is -2.10. The number of methoxy groups -OCH3 is 1. The van der Waals surface area contributed by atoms with Crippen molar-refractivity contribution in [1.82, 2.24) is 5.32 Å². The van der Waals surface area contributed by atoms with Crippen LogP contribution in [0.4, 0.5) is 11.4 Å². The number of hydrogen-bond donors (Lipinski definition) is 2. The van der Waals surface area contributed by atoms with Crippen LogP contribution in [0.25, 0.3) is 0 Å². The van der Waals surface area contributed by atoms with Crippen LogP contribution >= 0.6 is 0 Å². The number of non-ortho nitro benzene ring substituents is 1. The number of amides is 1. The molecule has 0 aliphatic heterocycles. The SMILES string of the molecule is COc1ccc(C)cc1C(=O)OCC(=O)NCCNc1ccc([N+](=O)[O-])cc1. The number of ether oxygens (including phenoxy) is 2. The molecule has 0 saturated heterocycles. The number of anilines is 1. The maximum Gasteiger partial charge on any atom is 0.342 e. The van der Waals surface area contributed by atoms with Crippen molar-refractivity contribution in [1.29, 1.82) is 0 Å². The van der Waals surface area contributed by atoms with Gasteiger partial charge in [-0.05, 0) is 31.2 Å². The Morgan fingerprint density at radius 3 is 2.46 bits per heavy atom. The van der Waals surface area contributed by atoms with E-state index in [1.807, 2.05) is 6.92 Å². The van der Waals surface area contributed by atoms with Gasteiger partial charge in [0.05, 0.1) is 12.0 Å². The molecule has 0 spiro atoms. The van der Waals surface area contributed by atoms with E-state index in [0.29, 0.717) is 24.5 Å². The first-order valence-electron chi connectivity index (χ1n) is 8.47. The molecule has 2 aromatic carbocycles. The van der Waals surface area contributed by atoms with Crippen molar-refractivity contribution in [2.75, 3.05) is 32.1 Å². The fourth-order valence-electron chi connectivity index (χ4n) is 2.35. The lowest BCUT2D eigenvalue weighted by atomic mass is 10.1. The number of carbonyl (C=O) groups excluding carboxylic acids is 2. The van der Waals surface area contributed by atoms with Crippen LogP contribution in [0.3, 0.4) is 0 Å². The molecule has 0 saturated carbocycles. The molecule has 0 fully saturated rings. The van der Waals surface area contributed by atoms with Gasteiger partial charge in [0.1, 0.15) is 11.3 Å². The smallest absolute Gasteiger partial charge is 0.342 e. The number of esters is 1. The third kappa shape index (κ3) is 5.97. The van der Waals surface area contributed by atoms with Crippen LogP contribution in [0.1, 0.15) is 15.9 Å². The highest BCUT2D eigenvalue weighted by molar-refractivity contribution is 5.94. The van der Waals surface area contributed by atoms with E-state index in [0.717, 1.165) is 5.56 Å². The van der Waals surface area contributed by atoms with Gasteiger partial charge in [0.2, 0.25) is 0 Å². The fraction of sp³-hybridized carbons (Fsp3) is 0.263. The van der Waals surface area contributed by atoms with Crippen molar-refractivity contribution in [2.24, 2.45) is 0 Å². The number of aryl methyl sites for hydroxylation is 1. The van der Waals surface area contributed by atoms with Crippen molar-refractivity contribution >= 4 is 23.3 Å². The van der Waals surface area contributed by atoms with E-state index >= 15 is 0 Å². The predicted octanol–water partition coefficient (Wildman–Crippen LogP) is 2.30. The molecule has 0 unspecified atom stereocenters. The van der Waals surface area contributed by atoms with Gasteiger partial charge in [-0.25, -0.2) is 4.79 Å². The van der Waals surface area contributed by atoms with E-state index in [1.165, 1.54) is 19.2 Å². The van der Waals surface area contributed by atoms with Crippen LogP contribution in [0.2, 0.25) is 0 Å². The molecule has 0 aromatic heterocycles. The average Bonchev–Trinajstić information content (AvgIpc) is 2.69. The van der Waals surface area contributed by atoms with E-state index < -0.39 is 23.4 Å². The molecular formula is C19H21N3O6. The van der Waals surface area contributed by atoms with Gasteiger partial charge in [-0.1, -0.05) is 11.6 Å². The second-order valence-corrected chi connectivity index (χ2v) is 5.86. The number of rotatable bonds is 9. The molecule has 28 heavy (non-hydrogen) atoms. The van der Waals surface area contributed by atoms with Crippen LogP contribution in [0, 0.1) is 17.0 Å². The van der Waals surface area contributed by atoms with Crippen molar-refractivity contribution in [2.45, 2.75) is 6.92 Å². The molecule has 9 heteroatoms. The van der Waals surface area contributed by atoms with Crippen molar-refractivity contribution in [3.8, 4) is 5.75 Å². The van der Waals surface area contributed by atoms with Gasteiger partial charge in [-0.2, -0.15) is 0 Å². The zero-order chi connectivity index (χ0) is 20.5. The van der Waals surface area contributed by atoms with Gasteiger partial charge < -0.3 is 20.1 Å². The molecule has 0 aliphatic rings. The number of nitrogens with zero attached hydrogens (tertiary/aromatic N) is 1. The Kier molecular flexibility index (Phi) is 7.32. The Morgan fingerprint density at radius 1 is 1.11 bits per heavy atom. The molecule has 2 aromatic rings. The summed E-state index contributed by atoms with van der Waals surface area (Å²) in [7, 11) is 1.45. The molecule has 2 rings (SSSR count). The minimum Gasteiger partial charge on any atom is -0.496 e. The number of nitrogens with one attached hydrogen (secondary N) is 2. The lowest BCUT2D eigenvalue weighted by molar-refractivity contribution is -0.384. The lowest BCUT2D eigenvalue weighted by Crippen LogP contribution is -2.32. The zero-order valence-corrected chi connectivity index (χ0v) is 15.6. The molecule has 2 N–H and O–H groups in total. The van der Waals surface area contributed by atoms with Gasteiger partial charge in [0, 0.05) is 30.9 Å². The first-order chi connectivity index (χ1) is 13.4. The van der Waals surface area contributed by atoms with Gasteiger partial charge in [-0.15, -0.1) is 0 Å². The van der Waals surface area contributed by atoms with Gasteiger partial charge in [0.25, 0.3) is 11.6 Å². The van der Waals surface area contributed by atoms with E-state index in [2.05, 4.69) is 10.6 Å². The Balaban J connectivity index is 1.72. The topological polar surface area (TPSA) is 120 Å². The molecule has 148 valence electrons. The highest BCUT2D eigenvalue weighted by Crippen LogP contribution is 2.20. The summed E-state index contributed by atoms with van der Waals surface area (Å²) >= 11 is 0. The van der Waals surface area contributed by atoms with Crippen LogP contribution in [0.5, 0.6) is 5.75 Å². The summed E-state index contributed by atoms with van der Waals surface area (Å²) in [4.78, 5) is 34.1. The fourth-order valence-corrected chi connectivity index (χ4v) is 2.35. The Hall–Kier alpha value is -3.62. The summed E-state index contributed by atoms with van der Waals surface area (Å²) < 4.78 is 10.1. The first-order valence-corrected chi connectivity index (χ1v) is 8.47. The average molecular weight is 387 g/mol. The molecule has 0 bridgehead atoms. The third-order valence-electron chi connectivity index (χ3n) is 3.76. The van der Waals surface area contributed by atoms with Crippen molar-refractivity contribution < 1.29 is 24.0 Å². The molecule has 0 heterocycles. The number of carbonyl (C=O) groups is 2. The maximum absolute atomic E-state index is 12.1. The standard InChI is InChI=1S/C19H21N3O6/c1-13-3-8-17(27-2)16(11-13)19(24)28-12-18(23)21-10-9-20-14-4-6-15(7-5-14)22(25)26/h3-8,11,20H,9-10,12H2,1-2H3,(H,21,23). The monoisotopic (exact) mass is 387 g/mol. The zero-order valence-electron chi connectivity index (χ0n) is 15.6. The molecule has 9 nitrogen and oxygen atoms in total. The minimum absolute atomic E-state index is 0.00547. The van der Waals surface area contributed by atoms with Crippen LogP contribution in [-0.2, 0) is 9.53 Å². The van der Waals surface area contributed by atoms with E-state index in [4.69, 9.17) is 9.47 Å². The first kappa shape index (κ1) is 20.7. The molecule has 1 amide bonds. The van der Waals surface area contributed by atoms with Gasteiger partial charge >= 0.3 is 5.97 Å². The largest absolute Gasteiger partial charge is 0.496 e. The summed E-state index contributed by atoms with van der Waals surface area (Å²) in [5.41, 5.74) is 1.83. The summed E-state index contributed by atoms with van der Waals surface area (Å²) in [5.74, 6) is -0.700. The van der Waals surface area contributed by atoms with Gasteiger partial charge in [-0.3, -0.25) is 14.9 Å². The third-order valence-corrected chi connectivity index (χ3v) is 3.76. The van der Waals surface area contributed by atoms with E-state index in [1.54, 1.807) is 30.3 Å². The minimum atomic E-state index is -0.639. The summed E-state index contributed by atoms with van der Waals surface area (Å²) in [6.07, 6.45) is 0. The van der Waals surface area contributed by atoms with Crippen molar-refractivity contribution in [3.05, 3.63) is 63.7 Å². The summed E-state index contributed by atoms with van der Waals surface area (Å²) in [6.45, 7) is 2.12. The predicted molar refractivity (Wildman–Crippen MR) is 103 cm³/mol. The Labute approximate surface area is 161 Å². The highest BCUT2D eigenvalue weighted by atomic mass is 16.6. The maximum atomic E-state index is 12.1. The molecule has 0 atom stereocenters. The highest BCUT2D eigenvalue weighted by Gasteiger charge is 2.15. The second kappa shape index (κ2) is 9.91. The number of nitro benzene ring substituents is 1. The van der Waals surface area contributed by atoms with Crippen LogP contribution in [-0.4, -0.2) is 43.6 Å². The Morgan fingerprint density at radius 2 is 1.82 bits per heavy atom. The molecule has 0 radical (unpaired) electrons. The number of hydrogen-bond acceptors (Lipinski definition) is 7. The summed E-state index contributed by atoms with van der Waals surface area (Å²) in [5, 5.41) is 16.2. The van der Waals surface area contributed by atoms with E-state index in [-0.39, 0.29) is 11.3 Å². The van der Waals surface area contributed by atoms with Crippen LogP contribution < -0.4 is 15.4 Å². The number of benzene rings is 2. The second-order valence-electron chi connectivity index (χ2n) is 5.86. The molecular weight excluding hydrogens is 366 g/mol. The molecule has 0 aliphatic carbocycles.